The maximum atomic E-state index is 11.5. The van der Waals surface area contributed by atoms with Gasteiger partial charge in [0.15, 0.2) is 0 Å². The molecule has 0 radical (unpaired) electrons. The molecule has 1 saturated carbocycles. The van der Waals surface area contributed by atoms with Gasteiger partial charge in [-0.1, -0.05) is 43.5 Å². The van der Waals surface area contributed by atoms with Crippen molar-refractivity contribution in [3.63, 3.8) is 0 Å². The molecular formula is C17H23NO2. The molecule has 1 aromatic carbocycles. The lowest BCUT2D eigenvalue weighted by atomic mass is 9.55. The van der Waals surface area contributed by atoms with E-state index in [2.05, 4.69) is 29.2 Å². The number of fused-ring (bicyclic) bond motifs is 4. The first-order valence-corrected chi connectivity index (χ1v) is 7.94. The largest absolute Gasteiger partial charge is 0.383 e. The zero-order valence-electron chi connectivity index (χ0n) is 12.0. The predicted octanol–water partition coefficient (Wildman–Crippen LogP) is 2.38. The average Bonchev–Trinajstić information content (AvgIpc) is 2.65. The number of benzene rings is 1. The molecule has 108 valence electrons. The van der Waals surface area contributed by atoms with Gasteiger partial charge in [0.2, 0.25) is 0 Å². The van der Waals surface area contributed by atoms with Gasteiger partial charge in [-0.3, -0.25) is 4.90 Å². The SMILES string of the molecule is O[C@]12CCCCC[C@@]1(N1CCOCC1)c1ccccc12. The van der Waals surface area contributed by atoms with E-state index in [-0.39, 0.29) is 5.54 Å². The summed E-state index contributed by atoms with van der Waals surface area (Å²) < 4.78 is 5.52. The van der Waals surface area contributed by atoms with Crippen molar-refractivity contribution in [2.24, 2.45) is 0 Å². The van der Waals surface area contributed by atoms with Crippen LogP contribution in [-0.2, 0) is 15.9 Å². The van der Waals surface area contributed by atoms with Crippen LogP contribution in [0.5, 0.6) is 0 Å². The van der Waals surface area contributed by atoms with E-state index in [1.807, 2.05) is 0 Å². The van der Waals surface area contributed by atoms with E-state index in [9.17, 15) is 5.11 Å². The van der Waals surface area contributed by atoms with Crippen molar-refractivity contribution in [1.29, 1.82) is 0 Å². The Morgan fingerprint density at radius 3 is 2.45 bits per heavy atom. The smallest absolute Gasteiger partial charge is 0.112 e. The molecule has 0 amide bonds. The molecular weight excluding hydrogens is 250 g/mol. The van der Waals surface area contributed by atoms with Gasteiger partial charge in [0.25, 0.3) is 0 Å². The Labute approximate surface area is 120 Å². The Morgan fingerprint density at radius 1 is 0.950 bits per heavy atom. The molecule has 0 aromatic heterocycles. The summed E-state index contributed by atoms with van der Waals surface area (Å²) in [6.07, 6.45) is 5.58. The summed E-state index contributed by atoms with van der Waals surface area (Å²) in [4.78, 5) is 2.50. The van der Waals surface area contributed by atoms with Crippen molar-refractivity contribution in [1.82, 2.24) is 4.90 Å². The zero-order chi connectivity index (χ0) is 13.6. The monoisotopic (exact) mass is 273 g/mol. The standard InChI is InChI=1S/C17H23NO2/c19-17-9-5-1-4-8-16(17,18-10-12-20-13-11-18)14-6-2-3-7-15(14)17/h2-3,6-7,19H,1,4-5,8-13H2/t16-,17+/m1/s1. The lowest BCUT2D eigenvalue weighted by Gasteiger charge is -2.62. The Hall–Kier alpha value is -0.900. The first-order chi connectivity index (χ1) is 9.79. The van der Waals surface area contributed by atoms with Crippen molar-refractivity contribution in [2.45, 2.75) is 43.2 Å². The molecule has 0 unspecified atom stereocenters. The van der Waals surface area contributed by atoms with Gasteiger partial charge in [-0.25, -0.2) is 0 Å². The number of nitrogens with zero attached hydrogens (tertiary/aromatic N) is 1. The van der Waals surface area contributed by atoms with Crippen LogP contribution in [0.2, 0.25) is 0 Å². The molecule has 1 aromatic rings. The number of hydrogen-bond donors (Lipinski definition) is 1. The predicted molar refractivity (Wildman–Crippen MR) is 77.5 cm³/mol. The second-order valence-electron chi connectivity index (χ2n) is 6.43. The van der Waals surface area contributed by atoms with Gasteiger partial charge in [0, 0.05) is 13.1 Å². The average molecular weight is 273 g/mol. The fraction of sp³-hybridized carbons (Fsp3) is 0.647. The minimum atomic E-state index is -0.641. The van der Waals surface area contributed by atoms with E-state index in [1.165, 1.54) is 24.0 Å². The number of morpholine rings is 1. The molecule has 4 rings (SSSR count). The molecule has 2 atom stereocenters. The second kappa shape index (κ2) is 4.55. The Balaban J connectivity index is 1.84. The molecule has 0 spiro atoms. The number of hydrogen-bond acceptors (Lipinski definition) is 3. The summed E-state index contributed by atoms with van der Waals surface area (Å²) in [6.45, 7) is 3.47. The molecule has 20 heavy (non-hydrogen) atoms. The number of rotatable bonds is 1. The Morgan fingerprint density at radius 2 is 1.65 bits per heavy atom. The highest BCUT2D eigenvalue weighted by Gasteiger charge is 2.64. The van der Waals surface area contributed by atoms with Crippen molar-refractivity contribution in [3.8, 4) is 0 Å². The summed E-state index contributed by atoms with van der Waals surface area (Å²) in [5.41, 5.74) is 1.75. The molecule has 0 bridgehead atoms. The van der Waals surface area contributed by atoms with Crippen molar-refractivity contribution < 1.29 is 9.84 Å². The van der Waals surface area contributed by atoms with E-state index < -0.39 is 5.60 Å². The third-order valence-electron chi connectivity index (χ3n) is 5.63. The van der Waals surface area contributed by atoms with Crippen molar-refractivity contribution in [3.05, 3.63) is 35.4 Å². The van der Waals surface area contributed by atoms with Crippen LogP contribution in [0.3, 0.4) is 0 Å². The quantitative estimate of drug-likeness (QED) is 0.852. The molecule has 1 N–H and O–H groups in total. The maximum Gasteiger partial charge on any atom is 0.112 e. The van der Waals surface area contributed by atoms with Crippen LogP contribution in [0.1, 0.15) is 43.2 Å². The van der Waals surface area contributed by atoms with E-state index in [0.29, 0.717) is 0 Å². The van der Waals surface area contributed by atoms with Gasteiger partial charge in [-0.05, 0) is 24.0 Å². The van der Waals surface area contributed by atoms with Crippen LogP contribution < -0.4 is 0 Å². The van der Waals surface area contributed by atoms with Gasteiger partial charge in [-0.15, -0.1) is 0 Å². The van der Waals surface area contributed by atoms with Crippen LogP contribution in [0.15, 0.2) is 24.3 Å². The van der Waals surface area contributed by atoms with Gasteiger partial charge >= 0.3 is 0 Å². The molecule has 1 saturated heterocycles. The topological polar surface area (TPSA) is 32.7 Å². The molecule has 2 fully saturated rings. The lowest BCUT2D eigenvalue weighted by Crippen LogP contribution is -2.68. The first-order valence-electron chi connectivity index (χ1n) is 7.94. The first kappa shape index (κ1) is 12.8. The lowest BCUT2D eigenvalue weighted by molar-refractivity contribution is -0.179. The molecule has 3 heteroatoms. The van der Waals surface area contributed by atoms with Gasteiger partial charge < -0.3 is 9.84 Å². The zero-order valence-corrected chi connectivity index (χ0v) is 12.0. The van der Waals surface area contributed by atoms with Crippen molar-refractivity contribution >= 4 is 0 Å². The van der Waals surface area contributed by atoms with Crippen LogP contribution in [0, 0.1) is 0 Å². The number of aliphatic hydroxyl groups is 1. The van der Waals surface area contributed by atoms with Gasteiger partial charge in [0.05, 0.1) is 18.8 Å². The minimum Gasteiger partial charge on any atom is -0.383 e. The van der Waals surface area contributed by atoms with E-state index in [1.54, 1.807) is 0 Å². The van der Waals surface area contributed by atoms with Gasteiger partial charge in [-0.2, -0.15) is 0 Å². The van der Waals surface area contributed by atoms with Crippen molar-refractivity contribution in [2.75, 3.05) is 26.3 Å². The highest BCUT2D eigenvalue weighted by atomic mass is 16.5. The molecule has 1 heterocycles. The molecule has 3 aliphatic rings. The fourth-order valence-corrected chi connectivity index (χ4v) is 4.74. The summed E-state index contributed by atoms with van der Waals surface area (Å²) >= 11 is 0. The van der Waals surface area contributed by atoms with E-state index in [0.717, 1.165) is 45.6 Å². The highest BCUT2D eigenvalue weighted by Crippen LogP contribution is 2.62. The normalized spacial score (nSPS) is 37.5. The summed E-state index contributed by atoms with van der Waals surface area (Å²) in [6, 6.07) is 8.53. The summed E-state index contributed by atoms with van der Waals surface area (Å²) in [7, 11) is 0. The van der Waals surface area contributed by atoms with Gasteiger partial charge in [0.1, 0.15) is 5.60 Å². The maximum absolute atomic E-state index is 11.5. The summed E-state index contributed by atoms with van der Waals surface area (Å²) in [5.74, 6) is 0. The van der Waals surface area contributed by atoms with Crippen LogP contribution in [0.4, 0.5) is 0 Å². The van der Waals surface area contributed by atoms with Crippen LogP contribution in [0.25, 0.3) is 0 Å². The Bertz CT molecular complexity index is 511. The van der Waals surface area contributed by atoms with Crippen LogP contribution >= 0.6 is 0 Å². The molecule has 1 aliphatic heterocycles. The van der Waals surface area contributed by atoms with E-state index >= 15 is 0 Å². The Kier molecular flexibility index (Phi) is 2.92. The fourth-order valence-electron chi connectivity index (χ4n) is 4.74. The highest BCUT2D eigenvalue weighted by molar-refractivity contribution is 5.52. The molecule has 2 aliphatic carbocycles. The summed E-state index contributed by atoms with van der Waals surface area (Å²) in [5, 5.41) is 11.5. The van der Waals surface area contributed by atoms with Crippen LogP contribution in [-0.4, -0.2) is 36.3 Å². The van der Waals surface area contributed by atoms with E-state index in [4.69, 9.17) is 4.74 Å². The third-order valence-corrected chi connectivity index (χ3v) is 5.63. The minimum absolute atomic E-state index is 0.149. The second-order valence-corrected chi connectivity index (χ2v) is 6.43. The molecule has 3 nitrogen and oxygen atoms in total. The third kappa shape index (κ3) is 1.46. The number of ether oxygens (including phenoxy) is 1.